The molecule has 0 saturated carbocycles. The van der Waals surface area contributed by atoms with E-state index in [9.17, 15) is 9.59 Å². The number of hydrogen-bond acceptors (Lipinski definition) is 7. The van der Waals surface area contributed by atoms with Crippen molar-refractivity contribution in [2.45, 2.75) is 24.0 Å². The molecular formula is C74H68N2O7. The molecule has 83 heavy (non-hydrogen) atoms. The van der Waals surface area contributed by atoms with Crippen LogP contribution in [0.5, 0.6) is 11.5 Å². The number of ether oxygens (including phenoxy) is 5. The van der Waals surface area contributed by atoms with Crippen LogP contribution in [-0.2, 0) is 38.3 Å². The van der Waals surface area contributed by atoms with Crippen LogP contribution in [0.3, 0.4) is 0 Å². The Labute approximate surface area is 487 Å². The summed E-state index contributed by atoms with van der Waals surface area (Å²) < 4.78 is 29.4. The third-order valence-corrected chi connectivity index (χ3v) is 14.9. The summed E-state index contributed by atoms with van der Waals surface area (Å²) in [6.07, 6.45) is 0. The van der Waals surface area contributed by atoms with Crippen LogP contribution >= 0.6 is 0 Å². The van der Waals surface area contributed by atoms with Crippen LogP contribution in [0.1, 0.15) is 76.4 Å². The van der Waals surface area contributed by atoms with Crippen LogP contribution in [0.15, 0.2) is 279 Å². The predicted molar refractivity (Wildman–Crippen MR) is 328 cm³/mol. The molecule has 0 aliphatic heterocycles. The van der Waals surface area contributed by atoms with Crippen molar-refractivity contribution in [3.8, 4) is 11.5 Å². The van der Waals surface area contributed by atoms with E-state index in [-0.39, 0.29) is 11.8 Å². The van der Waals surface area contributed by atoms with Crippen LogP contribution in [0.4, 0.5) is 0 Å². The topological polar surface area (TPSA) is 104 Å². The van der Waals surface area contributed by atoms with Gasteiger partial charge in [0.2, 0.25) is 0 Å². The molecule has 9 nitrogen and oxygen atoms in total. The Kier molecular flexibility index (Phi) is 19.8. The van der Waals surface area contributed by atoms with E-state index in [1.165, 1.54) is 33.4 Å². The molecule has 0 bridgehead atoms. The average Bonchev–Trinajstić information content (AvgIpc) is 3.50. The van der Waals surface area contributed by atoms with Gasteiger partial charge in [0.15, 0.2) is 0 Å². The highest BCUT2D eigenvalue weighted by atomic mass is 16.5. The molecule has 10 aromatic carbocycles. The summed E-state index contributed by atoms with van der Waals surface area (Å²) in [4.78, 5) is 25.7. The summed E-state index contributed by atoms with van der Waals surface area (Å²) in [5, 5.41) is 5.83. The summed E-state index contributed by atoms with van der Waals surface area (Å²) in [5.41, 5.74) is 11.3. The highest BCUT2D eigenvalue weighted by Crippen LogP contribution is 2.47. The van der Waals surface area contributed by atoms with Crippen LogP contribution < -0.4 is 20.1 Å². The van der Waals surface area contributed by atoms with Crippen molar-refractivity contribution in [2.75, 3.05) is 52.7 Å². The number of hydrogen-bond donors (Lipinski definition) is 2. The zero-order chi connectivity index (χ0) is 56.8. The van der Waals surface area contributed by atoms with Crippen molar-refractivity contribution in [3.05, 3.63) is 346 Å². The Balaban J connectivity index is 0.582. The Morgan fingerprint density at radius 3 is 0.783 bits per heavy atom. The molecule has 0 radical (unpaired) electrons. The average molecular weight is 1100 g/mol. The van der Waals surface area contributed by atoms with E-state index < -0.39 is 10.8 Å². The number of carbonyl (C=O) groups is 2. The van der Waals surface area contributed by atoms with Gasteiger partial charge in [0.1, 0.15) is 24.7 Å². The summed E-state index contributed by atoms with van der Waals surface area (Å²) in [5.74, 6) is 1.16. The lowest BCUT2D eigenvalue weighted by atomic mass is 9.65. The fourth-order valence-electron chi connectivity index (χ4n) is 10.8. The molecule has 416 valence electrons. The second kappa shape index (κ2) is 28.9. The summed E-state index contributed by atoms with van der Waals surface area (Å²) in [6, 6.07) is 95.4. The van der Waals surface area contributed by atoms with E-state index in [0.29, 0.717) is 77.1 Å². The van der Waals surface area contributed by atoms with Crippen LogP contribution in [0.2, 0.25) is 0 Å². The minimum atomic E-state index is -0.525. The molecule has 0 aromatic heterocycles. The number of amides is 2. The standard InChI is InChI=1S/C74H68N2O7/c77-71(59-35-31-57(32-36-59)55-82-69-43-39-67(40-44-69)73(61-19-7-1-8-20-61,62-21-9-2-10-22-62)63-23-11-3-12-24-63)75-47-49-79-51-53-81-54-52-80-50-48-76-72(78)60-37-33-58(34-38-60)56-83-70-45-41-68(42-46-70)74(64-25-13-4-14-26-64,65-27-15-5-16-28-65)66-29-17-6-18-30-66/h1-46H,47-56H2,(H,75,77)(H,76,78). The van der Waals surface area contributed by atoms with Crippen LogP contribution in [-0.4, -0.2) is 64.5 Å². The van der Waals surface area contributed by atoms with Gasteiger partial charge in [-0.3, -0.25) is 9.59 Å². The van der Waals surface area contributed by atoms with E-state index in [0.717, 1.165) is 33.8 Å². The van der Waals surface area contributed by atoms with E-state index in [1.54, 1.807) is 24.3 Å². The van der Waals surface area contributed by atoms with Crippen LogP contribution in [0.25, 0.3) is 0 Å². The first-order chi connectivity index (χ1) is 41.0. The van der Waals surface area contributed by atoms with Gasteiger partial charge in [-0.1, -0.05) is 231 Å². The first kappa shape index (κ1) is 56.9. The molecule has 0 saturated heterocycles. The molecule has 0 spiro atoms. The number of carbonyl (C=O) groups excluding carboxylic acids is 2. The third kappa shape index (κ3) is 14.0. The summed E-state index contributed by atoms with van der Waals surface area (Å²) >= 11 is 0. The van der Waals surface area contributed by atoms with E-state index >= 15 is 0 Å². The minimum absolute atomic E-state index is 0.174. The number of benzene rings is 10. The van der Waals surface area contributed by atoms with Gasteiger partial charge in [0.25, 0.3) is 11.8 Å². The first-order valence-electron chi connectivity index (χ1n) is 28.3. The molecule has 9 heteroatoms. The smallest absolute Gasteiger partial charge is 0.251 e. The Morgan fingerprint density at radius 1 is 0.277 bits per heavy atom. The maximum Gasteiger partial charge on any atom is 0.251 e. The molecule has 10 aromatic rings. The van der Waals surface area contributed by atoms with Gasteiger partial charge in [0.05, 0.1) is 50.5 Å². The second-order valence-electron chi connectivity index (χ2n) is 20.1. The maximum absolute atomic E-state index is 12.9. The number of rotatable bonds is 28. The monoisotopic (exact) mass is 1100 g/mol. The van der Waals surface area contributed by atoms with Gasteiger partial charge in [0, 0.05) is 24.2 Å². The van der Waals surface area contributed by atoms with Crippen molar-refractivity contribution < 1.29 is 33.3 Å². The van der Waals surface area contributed by atoms with Gasteiger partial charge in [-0.2, -0.15) is 0 Å². The molecule has 0 aliphatic rings. The van der Waals surface area contributed by atoms with E-state index in [2.05, 4.69) is 217 Å². The molecule has 0 atom stereocenters. The lowest BCUT2D eigenvalue weighted by Gasteiger charge is -2.36. The van der Waals surface area contributed by atoms with Crippen molar-refractivity contribution in [1.82, 2.24) is 10.6 Å². The third-order valence-electron chi connectivity index (χ3n) is 14.9. The molecular weight excluding hydrogens is 1030 g/mol. The molecule has 2 amide bonds. The molecule has 0 aliphatic carbocycles. The zero-order valence-electron chi connectivity index (χ0n) is 46.5. The SMILES string of the molecule is O=C(NCCOCCOCCOCCNC(=O)c1ccc(COc2ccc(C(c3ccccc3)(c3ccccc3)c3ccccc3)cc2)cc1)c1ccc(COc2ccc(C(c3ccccc3)(c3ccccc3)c3ccccc3)cc2)cc1. The Bertz CT molecular complexity index is 3100. The van der Waals surface area contributed by atoms with Gasteiger partial charge in [-0.05, 0) is 104 Å². The lowest BCUT2D eigenvalue weighted by molar-refractivity contribution is 0.0157. The van der Waals surface area contributed by atoms with Gasteiger partial charge in [-0.15, -0.1) is 0 Å². The van der Waals surface area contributed by atoms with Crippen LogP contribution in [0, 0.1) is 0 Å². The Hall–Kier alpha value is -9.38. The molecule has 0 unspecified atom stereocenters. The van der Waals surface area contributed by atoms with Crippen molar-refractivity contribution in [2.24, 2.45) is 0 Å². The van der Waals surface area contributed by atoms with Crippen molar-refractivity contribution in [1.29, 1.82) is 0 Å². The second-order valence-corrected chi connectivity index (χ2v) is 20.1. The highest BCUT2D eigenvalue weighted by Gasteiger charge is 2.39. The minimum Gasteiger partial charge on any atom is -0.489 e. The van der Waals surface area contributed by atoms with E-state index in [4.69, 9.17) is 23.7 Å². The fraction of sp³-hybridized carbons (Fsp3) is 0.162. The highest BCUT2D eigenvalue weighted by molar-refractivity contribution is 5.94. The van der Waals surface area contributed by atoms with Gasteiger partial charge in [-0.25, -0.2) is 0 Å². The van der Waals surface area contributed by atoms with Gasteiger partial charge < -0.3 is 34.3 Å². The van der Waals surface area contributed by atoms with E-state index in [1.807, 2.05) is 48.5 Å². The normalized spacial score (nSPS) is 11.4. The zero-order valence-corrected chi connectivity index (χ0v) is 46.5. The molecule has 2 N–H and O–H groups in total. The fourth-order valence-corrected chi connectivity index (χ4v) is 10.8. The van der Waals surface area contributed by atoms with Crippen molar-refractivity contribution in [3.63, 3.8) is 0 Å². The maximum atomic E-state index is 12.9. The first-order valence-corrected chi connectivity index (χ1v) is 28.3. The predicted octanol–water partition coefficient (Wildman–Crippen LogP) is 13.8. The van der Waals surface area contributed by atoms with Crippen molar-refractivity contribution >= 4 is 11.8 Å². The number of nitrogens with one attached hydrogen (secondary N) is 2. The molecule has 0 fully saturated rings. The van der Waals surface area contributed by atoms with Gasteiger partial charge >= 0.3 is 0 Å². The quantitative estimate of drug-likeness (QED) is 0.0372. The summed E-state index contributed by atoms with van der Waals surface area (Å²) in [7, 11) is 0. The Morgan fingerprint density at radius 2 is 0.518 bits per heavy atom. The molecule has 10 rings (SSSR count). The molecule has 0 heterocycles. The summed E-state index contributed by atoms with van der Waals surface area (Å²) in [6.45, 7) is 3.71. The lowest BCUT2D eigenvalue weighted by Crippen LogP contribution is -2.30. The largest absolute Gasteiger partial charge is 0.489 e.